The van der Waals surface area contributed by atoms with Crippen molar-refractivity contribution in [2.24, 2.45) is 4.99 Å². The summed E-state index contributed by atoms with van der Waals surface area (Å²) in [5.41, 5.74) is 4.07. The van der Waals surface area contributed by atoms with Gasteiger partial charge in [-0.1, -0.05) is 59.9 Å². The van der Waals surface area contributed by atoms with Crippen molar-refractivity contribution < 1.29 is 5.11 Å². The van der Waals surface area contributed by atoms with E-state index in [4.69, 9.17) is 0 Å². The molecule has 26 heavy (non-hydrogen) atoms. The number of rotatable bonds is 5. The second-order valence-corrected chi connectivity index (χ2v) is 7.16. The average Bonchev–Trinajstić information content (AvgIpc) is 3.19. The number of aliphatic imine (C=N–C) groups is 1. The molecule has 0 atom stereocenters. The summed E-state index contributed by atoms with van der Waals surface area (Å²) in [5, 5.41) is 10.5. The van der Waals surface area contributed by atoms with Crippen molar-refractivity contribution in [2.45, 2.75) is 19.4 Å². The summed E-state index contributed by atoms with van der Waals surface area (Å²) < 4.78 is 1.46. The first kappa shape index (κ1) is 16.5. The van der Waals surface area contributed by atoms with Crippen molar-refractivity contribution in [2.75, 3.05) is 0 Å². The van der Waals surface area contributed by atoms with Crippen LogP contribution in [0.4, 0.5) is 5.69 Å². The van der Waals surface area contributed by atoms with Crippen LogP contribution in [0.2, 0.25) is 0 Å². The van der Waals surface area contributed by atoms with E-state index in [0.717, 1.165) is 41.0 Å². The zero-order valence-corrected chi connectivity index (χ0v) is 14.9. The molecular weight excluding hydrogens is 344 g/mol. The van der Waals surface area contributed by atoms with Gasteiger partial charge in [0, 0.05) is 23.9 Å². The molecule has 4 rings (SSSR count). The predicted molar refractivity (Wildman–Crippen MR) is 107 cm³/mol. The molecule has 0 aliphatic carbocycles. The zero-order valence-electron chi connectivity index (χ0n) is 14.1. The van der Waals surface area contributed by atoms with Crippen LogP contribution in [-0.2, 0) is 13.0 Å². The molecule has 1 N–H and O–H groups in total. The minimum absolute atomic E-state index is 0.0401. The monoisotopic (exact) mass is 362 g/mol. The van der Waals surface area contributed by atoms with Crippen molar-refractivity contribution in [3.63, 3.8) is 0 Å². The Morgan fingerprint density at radius 2 is 1.85 bits per heavy atom. The van der Waals surface area contributed by atoms with Gasteiger partial charge in [0.05, 0.1) is 10.6 Å². The lowest BCUT2D eigenvalue weighted by molar-refractivity contribution is 0.408. The summed E-state index contributed by atoms with van der Waals surface area (Å²) in [5.74, 6) is 0.0401. The fourth-order valence-corrected chi connectivity index (χ4v) is 3.95. The summed E-state index contributed by atoms with van der Waals surface area (Å²) >= 11 is 1.07. The van der Waals surface area contributed by atoms with Crippen molar-refractivity contribution in [3.05, 3.63) is 80.3 Å². The standard InChI is InChI=1S/C21H18N2O2S/c24-20-19(13-16-14-22-18-11-5-4-10-17(16)18)26-21(25)23(20)12-6-9-15-7-2-1-3-8-15/h1-5,7-8,10-11,13-14,24H,6,9,12H2. The molecule has 2 heterocycles. The normalized spacial score (nSPS) is 14.1. The molecule has 0 saturated heterocycles. The number of allylic oxidation sites excluding steroid dienone is 1. The summed E-state index contributed by atoms with van der Waals surface area (Å²) in [6, 6.07) is 18.0. The van der Waals surface area contributed by atoms with Gasteiger partial charge in [0.15, 0.2) is 0 Å². The summed E-state index contributed by atoms with van der Waals surface area (Å²) in [7, 11) is 0. The predicted octanol–water partition coefficient (Wildman–Crippen LogP) is 4.50. The molecule has 0 amide bonds. The van der Waals surface area contributed by atoms with Gasteiger partial charge in [-0.05, 0) is 30.5 Å². The smallest absolute Gasteiger partial charge is 0.310 e. The Labute approximate surface area is 155 Å². The molecule has 3 aromatic rings. The molecule has 1 aliphatic rings. The first-order chi connectivity index (χ1) is 12.7. The molecule has 4 nitrogen and oxygen atoms in total. The number of para-hydroxylation sites is 1. The fourth-order valence-electron chi connectivity index (χ4n) is 3.09. The van der Waals surface area contributed by atoms with Gasteiger partial charge in [-0.3, -0.25) is 14.4 Å². The Balaban J connectivity index is 1.53. The van der Waals surface area contributed by atoms with Crippen LogP contribution in [0.1, 0.15) is 22.4 Å². The van der Waals surface area contributed by atoms with Gasteiger partial charge in [0.1, 0.15) is 0 Å². The SMILES string of the molecule is O=c1sc(C=C2C=Nc3ccccc32)c(O)n1CCCc1ccccc1. The first-order valence-corrected chi connectivity index (χ1v) is 9.36. The lowest BCUT2D eigenvalue weighted by Gasteiger charge is -2.04. The van der Waals surface area contributed by atoms with E-state index in [9.17, 15) is 9.90 Å². The van der Waals surface area contributed by atoms with E-state index < -0.39 is 0 Å². The Morgan fingerprint density at radius 3 is 2.69 bits per heavy atom. The van der Waals surface area contributed by atoms with Gasteiger partial charge < -0.3 is 5.11 Å². The van der Waals surface area contributed by atoms with Crippen LogP contribution in [0, 0.1) is 0 Å². The van der Waals surface area contributed by atoms with Gasteiger partial charge in [-0.2, -0.15) is 0 Å². The third kappa shape index (κ3) is 3.26. The van der Waals surface area contributed by atoms with Crippen molar-refractivity contribution in [1.29, 1.82) is 0 Å². The Bertz CT molecular complexity index is 1050. The molecule has 1 aromatic heterocycles. The fraction of sp³-hybridized carbons (Fsp3) is 0.143. The highest BCUT2D eigenvalue weighted by molar-refractivity contribution is 7.10. The highest BCUT2D eigenvalue weighted by atomic mass is 32.1. The molecule has 0 spiro atoms. The van der Waals surface area contributed by atoms with Crippen molar-refractivity contribution >= 4 is 34.9 Å². The molecule has 0 unspecified atom stereocenters. The van der Waals surface area contributed by atoms with E-state index in [0.29, 0.717) is 11.4 Å². The third-order valence-electron chi connectivity index (χ3n) is 4.43. The van der Waals surface area contributed by atoms with Crippen LogP contribution in [0.5, 0.6) is 5.88 Å². The average molecular weight is 362 g/mol. The second kappa shape index (κ2) is 7.14. The van der Waals surface area contributed by atoms with Crippen LogP contribution >= 0.6 is 11.3 Å². The highest BCUT2D eigenvalue weighted by Gasteiger charge is 2.16. The minimum atomic E-state index is -0.134. The van der Waals surface area contributed by atoms with E-state index in [1.807, 2.05) is 48.5 Å². The maximum absolute atomic E-state index is 12.3. The van der Waals surface area contributed by atoms with E-state index in [-0.39, 0.29) is 10.8 Å². The number of aryl methyl sites for hydroxylation is 1. The van der Waals surface area contributed by atoms with E-state index in [1.54, 1.807) is 6.21 Å². The van der Waals surface area contributed by atoms with Crippen LogP contribution in [0.3, 0.4) is 0 Å². The first-order valence-electron chi connectivity index (χ1n) is 8.54. The number of hydrogen-bond acceptors (Lipinski definition) is 4. The minimum Gasteiger partial charge on any atom is -0.493 e. The Kier molecular flexibility index (Phi) is 4.54. The molecule has 5 heteroatoms. The van der Waals surface area contributed by atoms with E-state index in [2.05, 4.69) is 17.1 Å². The highest BCUT2D eigenvalue weighted by Crippen LogP contribution is 2.34. The number of hydrogen-bond donors (Lipinski definition) is 1. The van der Waals surface area contributed by atoms with E-state index >= 15 is 0 Å². The number of thiazole rings is 1. The summed E-state index contributed by atoms with van der Waals surface area (Å²) in [6.45, 7) is 0.504. The van der Waals surface area contributed by atoms with E-state index in [1.165, 1.54) is 10.1 Å². The summed E-state index contributed by atoms with van der Waals surface area (Å²) in [4.78, 5) is 17.1. The van der Waals surface area contributed by atoms with Crippen molar-refractivity contribution in [3.8, 4) is 5.88 Å². The summed E-state index contributed by atoms with van der Waals surface area (Å²) in [6.07, 6.45) is 5.28. The van der Waals surface area contributed by atoms with Crippen LogP contribution < -0.4 is 4.87 Å². The quantitative estimate of drug-likeness (QED) is 0.726. The molecule has 0 saturated carbocycles. The number of fused-ring (bicyclic) bond motifs is 1. The number of aromatic nitrogens is 1. The van der Waals surface area contributed by atoms with Gasteiger partial charge in [-0.25, -0.2) is 0 Å². The third-order valence-corrected chi connectivity index (χ3v) is 5.34. The molecule has 1 aliphatic heterocycles. The second-order valence-electron chi connectivity index (χ2n) is 6.17. The topological polar surface area (TPSA) is 54.6 Å². The van der Waals surface area contributed by atoms with Gasteiger partial charge in [0.2, 0.25) is 5.88 Å². The van der Waals surface area contributed by atoms with Crippen molar-refractivity contribution in [1.82, 2.24) is 4.57 Å². The Morgan fingerprint density at radius 1 is 1.08 bits per heavy atom. The van der Waals surface area contributed by atoms with Gasteiger partial charge in [-0.15, -0.1) is 0 Å². The lowest BCUT2D eigenvalue weighted by atomic mass is 10.1. The zero-order chi connectivity index (χ0) is 17.9. The maximum atomic E-state index is 12.3. The molecular formula is C21H18N2O2S. The largest absolute Gasteiger partial charge is 0.493 e. The number of benzene rings is 2. The number of aromatic hydroxyl groups is 1. The molecule has 130 valence electrons. The van der Waals surface area contributed by atoms with Gasteiger partial charge >= 0.3 is 4.87 Å². The van der Waals surface area contributed by atoms with Gasteiger partial charge in [0.25, 0.3) is 0 Å². The van der Waals surface area contributed by atoms with Crippen LogP contribution in [0.15, 0.2) is 64.4 Å². The number of nitrogens with zero attached hydrogens (tertiary/aromatic N) is 2. The van der Waals surface area contributed by atoms with Crippen LogP contribution in [-0.4, -0.2) is 15.9 Å². The maximum Gasteiger partial charge on any atom is 0.310 e. The molecule has 0 fully saturated rings. The molecule has 0 bridgehead atoms. The Hall–Kier alpha value is -2.92. The molecule has 2 aromatic carbocycles. The lowest BCUT2D eigenvalue weighted by Crippen LogP contribution is -2.12. The van der Waals surface area contributed by atoms with Crippen LogP contribution in [0.25, 0.3) is 11.6 Å². The molecule has 0 radical (unpaired) electrons.